The van der Waals surface area contributed by atoms with Crippen LogP contribution in [0, 0.1) is 0 Å². The van der Waals surface area contributed by atoms with Crippen LogP contribution in [-0.2, 0) is 4.79 Å². The molecule has 2 atom stereocenters. The summed E-state index contributed by atoms with van der Waals surface area (Å²) in [6.45, 7) is 2.69. The minimum atomic E-state index is -0.851. The van der Waals surface area contributed by atoms with Gasteiger partial charge in [0.05, 0.1) is 5.01 Å². The van der Waals surface area contributed by atoms with Gasteiger partial charge in [0.15, 0.2) is 0 Å². The van der Waals surface area contributed by atoms with Crippen LogP contribution in [0.4, 0.5) is 0 Å². The third-order valence-corrected chi connectivity index (χ3v) is 5.04. The van der Waals surface area contributed by atoms with Crippen molar-refractivity contribution in [2.75, 3.05) is 13.6 Å². The molecule has 1 heterocycles. The van der Waals surface area contributed by atoms with Gasteiger partial charge in [-0.3, -0.25) is 9.69 Å². The van der Waals surface area contributed by atoms with Crippen LogP contribution in [0.15, 0.2) is 40.3 Å². The van der Waals surface area contributed by atoms with Crippen molar-refractivity contribution in [1.29, 1.82) is 0 Å². The number of halogens is 1. The van der Waals surface area contributed by atoms with Crippen LogP contribution in [0.1, 0.15) is 29.5 Å². The number of hydrogen-bond donors (Lipinski definition) is 1. The average molecular weight is 369 g/mol. The van der Waals surface area contributed by atoms with Crippen molar-refractivity contribution in [3.8, 4) is 0 Å². The Balaban J connectivity index is 2.19. The van der Waals surface area contributed by atoms with E-state index in [0.717, 1.165) is 15.0 Å². The van der Waals surface area contributed by atoms with E-state index < -0.39 is 12.0 Å². The Morgan fingerprint density at radius 3 is 2.76 bits per heavy atom. The number of carbonyl (C=O) groups is 1. The second-order valence-corrected chi connectivity index (χ2v) is 6.75. The van der Waals surface area contributed by atoms with Gasteiger partial charge in [0.25, 0.3) is 0 Å². The molecular formula is C15H17BrN2O2S. The van der Waals surface area contributed by atoms with Gasteiger partial charge in [-0.2, -0.15) is 0 Å². The summed E-state index contributed by atoms with van der Waals surface area (Å²) in [4.78, 5) is 17.8. The molecule has 2 aromatic rings. The predicted octanol–water partition coefficient (Wildman–Crippen LogP) is 3.77. The van der Waals surface area contributed by atoms with Crippen LogP contribution in [0.5, 0.6) is 0 Å². The van der Waals surface area contributed by atoms with Crippen molar-refractivity contribution >= 4 is 33.2 Å². The number of nitrogens with zero attached hydrogens (tertiary/aromatic N) is 2. The van der Waals surface area contributed by atoms with Crippen LogP contribution in [-0.4, -0.2) is 34.6 Å². The van der Waals surface area contributed by atoms with Crippen LogP contribution in [0.3, 0.4) is 0 Å². The largest absolute Gasteiger partial charge is 0.480 e. The van der Waals surface area contributed by atoms with E-state index in [1.165, 1.54) is 0 Å². The maximum Gasteiger partial charge on any atom is 0.325 e. The molecule has 2 rings (SSSR count). The van der Waals surface area contributed by atoms with Gasteiger partial charge in [0.2, 0.25) is 0 Å². The first-order valence-electron chi connectivity index (χ1n) is 6.57. The van der Waals surface area contributed by atoms with Gasteiger partial charge < -0.3 is 5.11 Å². The molecule has 0 fully saturated rings. The summed E-state index contributed by atoms with van der Waals surface area (Å²) >= 11 is 5.04. The Labute approximate surface area is 136 Å². The number of thiazole rings is 1. The Hall–Kier alpha value is -1.24. The van der Waals surface area contributed by atoms with E-state index in [4.69, 9.17) is 0 Å². The number of likely N-dealkylation sites (N-methyl/N-ethyl adjacent to an activating group) is 1. The van der Waals surface area contributed by atoms with Gasteiger partial charge in [-0.1, -0.05) is 41.1 Å². The van der Waals surface area contributed by atoms with Gasteiger partial charge in [-0.25, -0.2) is 4.98 Å². The molecule has 112 valence electrons. The summed E-state index contributed by atoms with van der Waals surface area (Å²) in [5.41, 5.74) is 0.763. The van der Waals surface area contributed by atoms with Crippen LogP contribution < -0.4 is 0 Å². The van der Waals surface area contributed by atoms with E-state index in [1.54, 1.807) is 17.5 Å². The molecule has 0 saturated carbocycles. The summed E-state index contributed by atoms with van der Waals surface area (Å²) in [6, 6.07) is 6.76. The minimum absolute atomic E-state index is 0.194. The second kappa shape index (κ2) is 7.15. The van der Waals surface area contributed by atoms with E-state index in [9.17, 15) is 9.90 Å². The molecule has 0 aliphatic heterocycles. The highest BCUT2D eigenvalue weighted by molar-refractivity contribution is 9.10. The maximum atomic E-state index is 11.7. The summed E-state index contributed by atoms with van der Waals surface area (Å²) in [5, 5.41) is 12.6. The lowest BCUT2D eigenvalue weighted by molar-refractivity contribution is -0.143. The summed E-state index contributed by atoms with van der Waals surface area (Å²) in [7, 11) is 1.84. The Morgan fingerprint density at radius 1 is 1.48 bits per heavy atom. The van der Waals surface area contributed by atoms with E-state index >= 15 is 0 Å². The van der Waals surface area contributed by atoms with Crippen LogP contribution in [0.25, 0.3) is 0 Å². The number of rotatable bonds is 6. The third kappa shape index (κ3) is 3.90. The maximum absolute atomic E-state index is 11.7. The van der Waals surface area contributed by atoms with E-state index in [1.807, 2.05) is 41.6 Å². The quantitative estimate of drug-likeness (QED) is 0.842. The first-order chi connectivity index (χ1) is 10.0. The van der Waals surface area contributed by atoms with Crippen molar-refractivity contribution in [3.63, 3.8) is 0 Å². The zero-order valence-corrected chi connectivity index (χ0v) is 14.3. The number of aromatic nitrogens is 1. The van der Waals surface area contributed by atoms with Crippen molar-refractivity contribution < 1.29 is 9.90 Å². The van der Waals surface area contributed by atoms with Crippen molar-refractivity contribution in [3.05, 3.63) is 50.9 Å². The first-order valence-corrected chi connectivity index (χ1v) is 8.24. The third-order valence-electron chi connectivity index (χ3n) is 3.31. The molecule has 21 heavy (non-hydrogen) atoms. The highest BCUT2D eigenvalue weighted by Gasteiger charge is 2.27. The van der Waals surface area contributed by atoms with Crippen molar-refractivity contribution in [2.45, 2.75) is 18.9 Å². The molecule has 0 amide bonds. The summed E-state index contributed by atoms with van der Waals surface area (Å²) < 4.78 is 0.811. The number of carboxylic acids is 1. The van der Waals surface area contributed by atoms with E-state index in [0.29, 0.717) is 6.54 Å². The first kappa shape index (κ1) is 16.1. The topological polar surface area (TPSA) is 53.4 Å². The average Bonchev–Trinajstić information content (AvgIpc) is 2.95. The number of benzene rings is 1. The summed E-state index contributed by atoms with van der Waals surface area (Å²) in [5.74, 6) is -0.657. The molecule has 0 aliphatic carbocycles. The minimum Gasteiger partial charge on any atom is -0.480 e. The lowest BCUT2D eigenvalue weighted by Gasteiger charge is -2.27. The monoisotopic (exact) mass is 368 g/mol. The Bertz CT molecular complexity index is 603. The highest BCUT2D eigenvalue weighted by Crippen LogP contribution is 2.29. The molecule has 1 aromatic carbocycles. The zero-order valence-electron chi connectivity index (χ0n) is 11.9. The molecule has 1 N–H and O–H groups in total. The highest BCUT2D eigenvalue weighted by atomic mass is 79.9. The number of aliphatic carboxylic acids is 1. The molecule has 2 unspecified atom stereocenters. The van der Waals surface area contributed by atoms with Gasteiger partial charge in [-0.05, 0) is 18.7 Å². The molecule has 0 radical (unpaired) electrons. The SMILES string of the molecule is CC(CN(C)C(C(=O)O)c1ccccc1Br)c1nccs1. The van der Waals surface area contributed by atoms with Crippen molar-refractivity contribution in [2.24, 2.45) is 0 Å². The van der Waals surface area contributed by atoms with Crippen LogP contribution >= 0.6 is 27.3 Å². The molecule has 0 aliphatic rings. The number of carboxylic acid groups (broad SMARTS) is 1. The standard InChI is InChI=1S/C15H17BrN2O2S/c1-10(14-17-7-8-21-14)9-18(2)13(15(19)20)11-5-3-4-6-12(11)16/h3-8,10,13H,9H2,1-2H3,(H,19,20). The molecule has 0 saturated heterocycles. The lowest BCUT2D eigenvalue weighted by Crippen LogP contribution is -2.33. The molecule has 6 heteroatoms. The Morgan fingerprint density at radius 2 is 2.19 bits per heavy atom. The Kier molecular flexibility index (Phi) is 5.50. The van der Waals surface area contributed by atoms with E-state index in [2.05, 4.69) is 27.8 Å². The fourth-order valence-electron chi connectivity index (χ4n) is 2.35. The lowest BCUT2D eigenvalue weighted by atomic mass is 10.0. The molecule has 0 spiro atoms. The van der Waals surface area contributed by atoms with Crippen molar-refractivity contribution in [1.82, 2.24) is 9.88 Å². The molecular weight excluding hydrogens is 352 g/mol. The number of hydrogen-bond acceptors (Lipinski definition) is 4. The zero-order chi connectivity index (χ0) is 15.4. The van der Waals surface area contributed by atoms with Gasteiger partial charge in [0.1, 0.15) is 6.04 Å². The molecule has 1 aromatic heterocycles. The fraction of sp³-hybridized carbons (Fsp3) is 0.333. The predicted molar refractivity (Wildman–Crippen MR) is 87.7 cm³/mol. The van der Waals surface area contributed by atoms with E-state index in [-0.39, 0.29) is 5.92 Å². The fourth-order valence-corrected chi connectivity index (χ4v) is 3.54. The smallest absolute Gasteiger partial charge is 0.325 e. The molecule has 0 bridgehead atoms. The van der Waals surface area contributed by atoms with Gasteiger partial charge in [-0.15, -0.1) is 11.3 Å². The normalized spacial score (nSPS) is 14.1. The summed E-state index contributed by atoms with van der Waals surface area (Å²) in [6.07, 6.45) is 1.78. The van der Waals surface area contributed by atoms with Crippen LogP contribution in [0.2, 0.25) is 0 Å². The molecule has 4 nitrogen and oxygen atoms in total. The van der Waals surface area contributed by atoms with Gasteiger partial charge in [0, 0.05) is 28.5 Å². The van der Waals surface area contributed by atoms with Gasteiger partial charge >= 0.3 is 5.97 Å². The second-order valence-electron chi connectivity index (χ2n) is 4.97.